The van der Waals surface area contributed by atoms with Gasteiger partial charge in [0.15, 0.2) is 23.8 Å². The summed E-state index contributed by atoms with van der Waals surface area (Å²) in [6, 6.07) is 0. The van der Waals surface area contributed by atoms with Crippen LogP contribution in [0.1, 0.15) is 158 Å². The Hall–Kier alpha value is -1.34. The van der Waals surface area contributed by atoms with E-state index in [0.717, 1.165) is 19.3 Å². The quantitative estimate of drug-likeness (QED) is 0.0441. The normalized spacial score (nSPS) is 25.7. The van der Waals surface area contributed by atoms with E-state index in [2.05, 4.69) is 6.92 Å². The molecule has 0 aromatic carbocycles. The number of carbonyl (C=O) groups excluding carboxylic acids is 2. The summed E-state index contributed by atoms with van der Waals surface area (Å²) in [6.07, 6.45) is 17.7. The highest BCUT2D eigenvalue weighted by Crippen LogP contribution is 2.42. The number of fused-ring (bicyclic) bond motifs is 1. The summed E-state index contributed by atoms with van der Waals surface area (Å²) in [5, 5.41) is 0. The third kappa shape index (κ3) is 15.9. The molecule has 0 amide bonds. The lowest BCUT2D eigenvalue weighted by atomic mass is 10.0. The van der Waals surface area contributed by atoms with Gasteiger partial charge in [-0.2, -0.15) is 0 Å². The second-order valence-electron chi connectivity index (χ2n) is 15.3. The average Bonchev–Trinajstić information content (AvgIpc) is 3.72. The maximum absolute atomic E-state index is 12.8. The Labute approximate surface area is 308 Å². The molecule has 6 atom stereocenters. The van der Waals surface area contributed by atoms with Gasteiger partial charge in [0.05, 0.1) is 32.5 Å². The minimum atomic E-state index is -1.12. The standard InChI is InChI=1S/C40H72O11/c1-8-11-12-13-14-15-16-17-18-19-20-21-22-23-24-25-26-45-30(27-31(36(41)43-9-2)37(42)44-10-3)28-46-38-35-34(50-40(6,7)51-35)33(48-38)32-29-47-39(4,5)49-32/h30-35,38H,8-29H2,1-7H3/t30-,32-,33-,34+,35+,38+/m1/s1. The summed E-state index contributed by atoms with van der Waals surface area (Å²) in [7, 11) is 0. The van der Waals surface area contributed by atoms with Crippen LogP contribution in [-0.2, 0) is 52.2 Å². The minimum Gasteiger partial charge on any atom is -0.465 e. The zero-order chi connectivity index (χ0) is 37.1. The van der Waals surface area contributed by atoms with Gasteiger partial charge in [0, 0.05) is 6.61 Å². The molecular weight excluding hydrogens is 656 g/mol. The van der Waals surface area contributed by atoms with Gasteiger partial charge in [0.1, 0.15) is 24.4 Å². The van der Waals surface area contributed by atoms with E-state index in [4.69, 9.17) is 42.6 Å². The molecule has 0 bridgehead atoms. The van der Waals surface area contributed by atoms with E-state index in [1.54, 1.807) is 13.8 Å². The van der Waals surface area contributed by atoms with Gasteiger partial charge in [-0.05, 0) is 54.4 Å². The van der Waals surface area contributed by atoms with E-state index in [0.29, 0.717) is 13.2 Å². The highest BCUT2D eigenvalue weighted by Gasteiger charge is 2.59. The van der Waals surface area contributed by atoms with Crippen molar-refractivity contribution in [1.29, 1.82) is 0 Å². The molecule has 3 fully saturated rings. The third-order valence-electron chi connectivity index (χ3n) is 9.88. The molecule has 0 aromatic rings. The summed E-state index contributed by atoms with van der Waals surface area (Å²) < 4.78 is 53.8. The molecule has 11 heteroatoms. The molecular formula is C40H72O11. The lowest BCUT2D eigenvalue weighted by Gasteiger charge is -2.28. The van der Waals surface area contributed by atoms with Crippen molar-refractivity contribution in [3.8, 4) is 0 Å². The van der Waals surface area contributed by atoms with Gasteiger partial charge in [0.25, 0.3) is 0 Å². The fourth-order valence-electron chi connectivity index (χ4n) is 7.23. The number of unbranched alkanes of at least 4 members (excludes halogenated alkanes) is 15. The van der Waals surface area contributed by atoms with E-state index in [1.807, 2.05) is 27.7 Å². The average molecular weight is 729 g/mol. The molecule has 0 aromatic heterocycles. The number of hydrogen-bond donors (Lipinski definition) is 0. The number of esters is 2. The van der Waals surface area contributed by atoms with Crippen molar-refractivity contribution >= 4 is 11.9 Å². The number of rotatable bonds is 28. The van der Waals surface area contributed by atoms with Crippen LogP contribution < -0.4 is 0 Å². The predicted octanol–water partition coefficient (Wildman–Crippen LogP) is 8.18. The van der Waals surface area contributed by atoms with Crippen LogP contribution in [-0.4, -0.2) is 93.4 Å². The van der Waals surface area contributed by atoms with Gasteiger partial charge < -0.3 is 42.6 Å². The third-order valence-corrected chi connectivity index (χ3v) is 9.88. The van der Waals surface area contributed by atoms with Crippen molar-refractivity contribution in [1.82, 2.24) is 0 Å². The van der Waals surface area contributed by atoms with Crippen LogP contribution in [0.4, 0.5) is 0 Å². The van der Waals surface area contributed by atoms with Crippen molar-refractivity contribution in [3.63, 3.8) is 0 Å². The molecule has 3 aliphatic rings. The monoisotopic (exact) mass is 729 g/mol. The van der Waals surface area contributed by atoms with E-state index >= 15 is 0 Å². The summed E-state index contributed by atoms with van der Waals surface area (Å²) in [6.45, 7) is 14.4. The number of hydrogen-bond acceptors (Lipinski definition) is 11. The smallest absolute Gasteiger partial charge is 0.320 e. The number of carbonyl (C=O) groups is 2. The van der Waals surface area contributed by atoms with Gasteiger partial charge in [-0.1, -0.05) is 103 Å². The molecule has 0 aliphatic carbocycles. The van der Waals surface area contributed by atoms with Gasteiger partial charge in [-0.3, -0.25) is 9.59 Å². The Kier molecular flexibility index (Phi) is 20.3. The molecule has 298 valence electrons. The zero-order valence-corrected chi connectivity index (χ0v) is 33.1. The fourth-order valence-corrected chi connectivity index (χ4v) is 7.23. The molecule has 0 radical (unpaired) electrons. The molecule has 11 nitrogen and oxygen atoms in total. The van der Waals surface area contributed by atoms with E-state index in [9.17, 15) is 9.59 Å². The molecule has 0 N–H and O–H groups in total. The minimum absolute atomic E-state index is 0.0668. The Balaban J connectivity index is 1.45. The molecule has 3 saturated heterocycles. The lowest BCUT2D eigenvalue weighted by Crippen LogP contribution is -2.40. The predicted molar refractivity (Wildman–Crippen MR) is 194 cm³/mol. The molecule has 3 heterocycles. The Morgan fingerprint density at radius 3 is 1.65 bits per heavy atom. The molecule has 0 spiro atoms. The van der Waals surface area contributed by atoms with Crippen LogP contribution >= 0.6 is 0 Å². The van der Waals surface area contributed by atoms with Crippen LogP contribution in [0, 0.1) is 5.92 Å². The first-order chi connectivity index (χ1) is 24.5. The summed E-state index contributed by atoms with van der Waals surface area (Å²) in [4.78, 5) is 25.7. The Morgan fingerprint density at radius 1 is 0.647 bits per heavy atom. The first-order valence-electron chi connectivity index (χ1n) is 20.4. The maximum Gasteiger partial charge on any atom is 0.320 e. The highest BCUT2D eigenvalue weighted by molar-refractivity contribution is 5.94. The highest BCUT2D eigenvalue weighted by atomic mass is 16.8. The lowest BCUT2D eigenvalue weighted by molar-refractivity contribution is -0.252. The largest absolute Gasteiger partial charge is 0.465 e. The van der Waals surface area contributed by atoms with E-state index < -0.39 is 60.1 Å². The van der Waals surface area contributed by atoms with Crippen LogP contribution in [0.15, 0.2) is 0 Å². The fraction of sp³-hybridized carbons (Fsp3) is 0.950. The molecule has 0 saturated carbocycles. The molecule has 0 unspecified atom stereocenters. The summed E-state index contributed by atoms with van der Waals surface area (Å²) >= 11 is 0. The summed E-state index contributed by atoms with van der Waals surface area (Å²) in [5.74, 6) is -3.92. The molecule has 3 rings (SSSR count). The van der Waals surface area contributed by atoms with Crippen molar-refractivity contribution in [2.45, 2.75) is 206 Å². The number of ether oxygens (including phenoxy) is 9. The van der Waals surface area contributed by atoms with E-state index in [1.165, 1.54) is 83.5 Å². The van der Waals surface area contributed by atoms with Gasteiger partial charge >= 0.3 is 11.9 Å². The van der Waals surface area contributed by atoms with Crippen LogP contribution in [0.3, 0.4) is 0 Å². The first kappa shape index (κ1) is 44.1. The van der Waals surface area contributed by atoms with Gasteiger partial charge in [-0.25, -0.2) is 0 Å². The SMILES string of the molecule is CCCCCCCCCCCCCCCCCCO[C@@H](CO[C@H]1O[C@H]([C@H]2COC(C)(C)O2)[C@@H]2OC(C)(C)O[C@H]12)CC(C(=O)OCC)C(=O)OCC. The Bertz CT molecular complexity index is 954. The second-order valence-corrected chi connectivity index (χ2v) is 15.3. The molecule has 3 aliphatic heterocycles. The van der Waals surface area contributed by atoms with Crippen molar-refractivity contribution in [2.24, 2.45) is 5.92 Å². The first-order valence-corrected chi connectivity index (χ1v) is 20.4. The van der Waals surface area contributed by atoms with Crippen LogP contribution in [0.5, 0.6) is 0 Å². The second kappa shape index (κ2) is 23.4. The van der Waals surface area contributed by atoms with Crippen molar-refractivity contribution < 1.29 is 52.2 Å². The Morgan fingerprint density at radius 2 is 1.16 bits per heavy atom. The summed E-state index contributed by atoms with van der Waals surface area (Å²) in [5.41, 5.74) is 0. The van der Waals surface area contributed by atoms with Crippen LogP contribution in [0.2, 0.25) is 0 Å². The van der Waals surface area contributed by atoms with E-state index in [-0.39, 0.29) is 32.3 Å². The molecule has 51 heavy (non-hydrogen) atoms. The topological polar surface area (TPSA) is 117 Å². The van der Waals surface area contributed by atoms with Crippen molar-refractivity contribution in [3.05, 3.63) is 0 Å². The maximum atomic E-state index is 12.8. The van der Waals surface area contributed by atoms with Crippen LogP contribution in [0.25, 0.3) is 0 Å². The zero-order valence-electron chi connectivity index (χ0n) is 33.1. The van der Waals surface area contributed by atoms with Gasteiger partial charge in [0.2, 0.25) is 0 Å². The van der Waals surface area contributed by atoms with Crippen molar-refractivity contribution in [2.75, 3.05) is 33.0 Å². The van der Waals surface area contributed by atoms with Gasteiger partial charge in [-0.15, -0.1) is 0 Å².